The third-order valence-corrected chi connectivity index (χ3v) is 3.29. The molecule has 1 fully saturated rings. The molecule has 1 unspecified atom stereocenters. The zero-order chi connectivity index (χ0) is 14.5. The number of likely N-dealkylation sites (tertiary alicyclic amines) is 1. The average Bonchev–Trinajstić information content (AvgIpc) is 2.85. The smallest absolute Gasteiger partial charge is 0.317 e. The van der Waals surface area contributed by atoms with Crippen LogP contribution in [0.5, 0.6) is 0 Å². The largest absolute Gasteiger partial charge is 0.481 e. The molecule has 0 spiro atoms. The molecule has 1 aromatic heterocycles. The lowest BCUT2D eigenvalue weighted by Crippen LogP contribution is -2.38. The van der Waals surface area contributed by atoms with Crippen molar-refractivity contribution in [2.75, 3.05) is 13.1 Å². The standard InChI is InChI=1S/C13H18N4O3/c1-9-5-15-11(6-14-9)7-16-13(20)17-3-2-10(8-17)4-12(18)19/h5-6,10H,2-4,7-8H2,1H3,(H,16,20)(H,18,19). The van der Waals surface area contributed by atoms with E-state index in [-0.39, 0.29) is 18.4 Å². The summed E-state index contributed by atoms with van der Waals surface area (Å²) in [5.41, 5.74) is 1.53. The van der Waals surface area contributed by atoms with Crippen LogP contribution in [0.25, 0.3) is 0 Å². The first-order valence-corrected chi connectivity index (χ1v) is 6.56. The molecule has 1 atom stereocenters. The van der Waals surface area contributed by atoms with Crippen molar-refractivity contribution >= 4 is 12.0 Å². The third kappa shape index (κ3) is 3.91. The zero-order valence-electron chi connectivity index (χ0n) is 11.4. The number of aromatic nitrogens is 2. The minimum absolute atomic E-state index is 0.0532. The second-order valence-corrected chi connectivity index (χ2v) is 5.01. The number of urea groups is 1. The van der Waals surface area contributed by atoms with E-state index in [1.807, 2.05) is 6.92 Å². The average molecular weight is 278 g/mol. The lowest BCUT2D eigenvalue weighted by atomic mass is 10.1. The molecule has 1 aromatic rings. The summed E-state index contributed by atoms with van der Waals surface area (Å²) in [7, 11) is 0. The summed E-state index contributed by atoms with van der Waals surface area (Å²) in [4.78, 5) is 32.5. The number of nitrogens with one attached hydrogen (secondary N) is 1. The van der Waals surface area contributed by atoms with Crippen LogP contribution in [0.3, 0.4) is 0 Å². The molecule has 2 amide bonds. The van der Waals surface area contributed by atoms with Gasteiger partial charge in [0.05, 0.1) is 24.1 Å². The number of carbonyl (C=O) groups is 2. The Labute approximate surface area is 117 Å². The van der Waals surface area contributed by atoms with Gasteiger partial charge in [-0.3, -0.25) is 14.8 Å². The molecule has 2 N–H and O–H groups in total. The van der Waals surface area contributed by atoms with Crippen molar-refractivity contribution in [1.29, 1.82) is 0 Å². The zero-order valence-corrected chi connectivity index (χ0v) is 11.4. The molecular formula is C13H18N4O3. The molecule has 2 rings (SSSR count). The summed E-state index contributed by atoms with van der Waals surface area (Å²) >= 11 is 0. The number of carboxylic acids is 1. The van der Waals surface area contributed by atoms with Crippen molar-refractivity contribution in [3.8, 4) is 0 Å². The maximum atomic E-state index is 11.9. The van der Waals surface area contributed by atoms with Gasteiger partial charge >= 0.3 is 12.0 Å². The van der Waals surface area contributed by atoms with E-state index in [9.17, 15) is 9.59 Å². The van der Waals surface area contributed by atoms with Crippen LogP contribution in [0.15, 0.2) is 12.4 Å². The SMILES string of the molecule is Cc1cnc(CNC(=O)N2CCC(CC(=O)O)C2)cn1. The van der Waals surface area contributed by atoms with Crippen LogP contribution in [-0.4, -0.2) is 45.1 Å². The maximum absolute atomic E-state index is 11.9. The number of hydrogen-bond donors (Lipinski definition) is 2. The summed E-state index contributed by atoms with van der Waals surface area (Å²) in [5, 5.41) is 11.5. The van der Waals surface area contributed by atoms with Gasteiger partial charge in [0.25, 0.3) is 0 Å². The van der Waals surface area contributed by atoms with Crippen LogP contribution in [0, 0.1) is 12.8 Å². The molecule has 0 saturated carbocycles. The molecule has 20 heavy (non-hydrogen) atoms. The Morgan fingerprint density at radius 1 is 1.45 bits per heavy atom. The van der Waals surface area contributed by atoms with Gasteiger partial charge in [-0.25, -0.2) is 4.79 Å². The molecule has 1 aliphatic heterocycles. The van der Waals surface area contributed by atoms with Gasteiger partial charge < -0.3 is 15.3 Å². The molecular weight excluding hydrogens is 260 g/mol. The summed E-state index contributed by atoms with van der Waals surface area (Å²) in [5.74, 6) is -0.760. The second kappa shape index (κ2) is 6.31. The second-order valence-electron chi connectivity index (χ2n) is 5.01. The Balaban J connectivity index is 1.78. The van der Waals surface area contributed by atoms with Crippen molar-refractivity contribution in [3.05, 3.63) is 23.8 Å². The molecule has 0 aliphatic carbocycles. The van der Waals surface area contributed by atoms with Crippen LogP contribution in [-0.2, 0) is 11.3 Å². The molecule has 7 heteroatoms. The monoisotopic (exact) mass is 278 g/mol. The molecule has 2 heterocycles. The van der Waals surface area contributed by atoms with E-state index in [1.54, 1.807) is 17.3 Å². The molecule has 1 aliphatic rings. The maximum Gasteiger partial charge on any atom is 0.317 e. The van der Waals surface area contributed by atoms with Gasteiger partial charge in [0.2, 0.25) is 0 Å². The topological polar surface area (TPSA) is 95.4 Å². The van der Waals surface area contributed by atoms with Gasteiger partial charge in [-0.15, -0.1) is 0 Å². The van der Waals surface area contributed by atoms with Crippen molar-refractivity contribution in [1.82, 2.24) is 20.2 Å². The lowest BCUT2D eigenvalue weighted by Gasteiger charge is -2.16. The van der Waals surface area contributed by atoms with Crippen LogP contribution in [0.1, 0.15) is 24.2 Å². The lowest BCUT2D eigenvalue weighted by molar-refractivity contribution is -0.138. The highest BCUT2D eigenvalue weighted by molar-refractivity contribution is 5.74. The third-order valence-electron chi connectivity index (χ3n) is 3.29. The van der Waals surface area contributed by atoms with Crippen LogP contribution in [0.2, 0.25) is 0 Å². The molecule has 1 saturated heterocycles. The van der Waals surface area contributed by atoms with E-state index in [1.165, 1.54) is 0 Å². The number of hydrogen-bond acceptors (Lipinski definition) is 4. The minimum Gasteiger partial charge on any atom is -0.481 e. The number of carboxylic acid groups (broad SMARTS) is 1. The van der Waals surface area contributed by atoms with Gasteiger partial charge in [0.1, 0.15) is 0 Å². The van der Waals surface area contributed by atoms with E-state index in [2.05, 4.69) is 15.3 Å². The number of rotatable bonds is 4. The highest BCUT2D eigenvalue weighted by Gasteiger charge is 2.27. The Kier molecular flexibility index (Phi) is 4.49. The van der Waals surface area contributed by atoms with Gasteiger partial charge in [-0.2, -0.15) is 0 Å². The fraction of sp³-hybridized carbons (Fsp3) is 0.538. The fourth-order valence-corrected chi connectivity index (χ4v) is 2.22. The first kappa shape index (κ1) is 14.2. The normalized spacial score (nSPS) is 18.1. The number of amides is 2. The number of aliphatic carboxylic acids is 1. The highest BCUT2D eigenvalue weighted by atomic mass is 16.4. The van der Waals surface area contributed by atoms with E-state index in [4.69, 9.17) is 5.11 Å². The number of carbonyl (C=O) groups excluding carboxylic acids is 1. The first-order valence-electron chi connectivity index (χ1n) is 6.56. The number of nitrogens with zero attached hydrogens (tertiary/aromatic N) is 3. The first-order chi connectivity index (χ1) is 9.54. The Morgan fingerprint density at radius 2 is 2.25 bits per heavy atom. The van der Waals surface area contributed by atoms with E-state index >= 15 is 0 Å². The van der Waals surface area contributed by atoms with E-state index in [0.29, 0.717) is 25.3 Å². The predicted molar refractivity (Wildman–Crippen MR) is 70.9 cm³/mol. The predicted octanol–water partition coefficient (Wildman–Crippen LogP) is 0.791. The van der Waals surface area contributed by atoms with Gasteiger partial charge in [-0.1, -0.05) is 0 Å². The summed E-state index contributed by atoms with van der Waals surface area (Å²) in [6.07, 6.45) is 4.14. The van der Waals surface area contributed by atoms with Gasteiger partial charge in [-0.05, 0) is 19.3 Å². The van der Waals surface area contributed by atoms with Crippen molar-refractivity contribution in [3.63, 3.8) is 0 Å². The molecule has 0 aromatic carbocycles. The molecule has 7 nitrogen and oxygen atoms in total. The molecule has 0 bridgehead atoms. The molecule has 108 valence electrons. The van der Waals surface area contributed by atoms with E-state index < -0.39 is 5.97 Å². The summed E-state index contributed by atoms with van der Waals surface area (Å²) in [6.45, 7) is 3.27. The Morgan fingerprint density at radius 3 is 2.90 bits per heavy atom. The van der Waals surface area contributed by atoms with Gasteiger partial charge in [0.15, 0.2) is 0 Å². The van der Waals surface area contributed by atoms with Crippen LogP contribution in [0.4, 0.5) is 4.79 Å². The Hall–Kier alpha value is -2.18. The highest BCUT2D eigenvalue weighted by Crippen LogP contribution is 2.19. The van der Waals surface area contributed by atoms with Crippen molar-refractivity contribution in [2.24, 2.45) is 5.92 Å². The quantitative estimate of drug-likeness (QED) is 0.849. The summed E-state index contributed by atoms with van der Waals surface area (Å²) in [6, 6.07) is -0.180. The molecule has 0 radical (unpaired) electrons. The van der Waals surface area contributed by atoms with Crippen molar-refractivity contribution in [2.45, 2.75) is 26.3 Å². The fourth-order valence-electron chi connectivity index (χ4n) is 2.22. The summed E-state index contributed by atoms with van der Waals surface area (Å²) < 4.78 is 0. The van der Waals surface area contributed by atoms with E-state index in [0.717, 1.165) is 12.1 Å². The minimum atomic E-state index is -0.813. The Bertz CT molecular complexity index is 489. The number of aryl methyl sites for hydroxylation is 1. The van der Waals surface area contributed by atoms with Crippen molar-refractivity contribution < 1.29 is 14.7 Å². The van der Waals surface area contributed by atoms with Gasteiger partial charge in [0, 0.05) is 25.7 Å². The van der Waals surface area contributed by atoms with Crippen LogP contribution >= 0.6 is 0 Å². The van der Waals surface area contributed by atoms with Crippen LogP contribution < -0.4 is 5.32 Å².